The molecule has 0 saturated carbocycles. The van der Waals surface area contributed by atoms with Crippen molar-refractivity contribution in [1.82, 2.24) is 15.1 Å². The van der Waals surface area contributed by atoms with Crippen LogP contribution in [0.2, 0.25) is 0 Å². The summed E-state index contributed by atoms with van der Waals surface area (Å²) in [7, 11) is 0. The molecule has 0 bridgehead atoms. The first kappa shape index (κ1) is 16.7. The summed E-state index contributed by atoms with van der Waals surface area (Å²) < 4.78 is 5.88. The summed E-state index contributed by atoms with van der Waals surface area (Å²) >= 11 is 0. The maximum atomic E-state index is 11.1. The van der Waals surface area contributed by atoms with E-state index in [0.717, 1.165) is 42.1 Å². The van der Waals surface area contributed by atoms with Gasteiger partial charge in [0, 0.05) is 18.2 Å². The molecule has 1 aromatic heterocycles. The van der Waals surface area contributed by atoms with E-state index in [1.54, 1.807) is 6.07 Å². The third kappa shape index (κ3) is 4.45. The van der Waals surface area contributed by atoms with Crippen molar-refractivity contribution in [3.05, 3.63) is 46.2 Å². The van der Waals surface area contributed by atoms with Crippen LogP contribution in [0, 0.1) is 6.92 Å². The van der Waals surface area contributed by atoms with E-state index in [4.69, 9.17) is 4.74 Å². The first-order valence-corrected chi connectivity index (χ1v) is 8.74. The first-order valence-electron chi connectivity index (χ1n) is 8.74. The molecule has 2 aromatic rings. The Balaban J connectivity index is 1.52. The van der Waals surface area contributed by atoms with Crippen LogP contribution in [-0.4, -0.2) is 41.3 Å². The highest BCUT2D eigenvalue weighted by atomic mass is 16.5. The van der Waals surface area contributed by atoms with Crippen LogP contribution in [0.15, 0.2) is 35.1 Å². The van der Waals surface area contributed by atoms with Gasteiger partial charge >= 0.3 is 0 Å². The highest BCUT2D eigenvalue weighted by Gasteiger charge is 2.09. The zero-order valence-electron chi connectivity index (χ0n) is 14.3. The lowest BCUT2D eigenvalue weighted by Gasteiger charge is -2.26. The van der Waals surface area contributed by atoms with Crippen molar-refractivity contribution in [1.29, 1.82) is 0 Å². The number of hydrogen-bond acceptors (Lipinski definition) is 4. The van der Waals surface area contributed by atoms with Crippen LogP contribution in [0.5, 0.6) is 5.75 Å². The molecule has 128 valence electrons. The molecule has 1 aliphatic rings. The third-order valence-electron chi connectivity index (χ3n) is 4.49. The predicted molar refractivity (Wildman–Crippen MR) is 95.4 cm³/mol. The summed E-state index contributed by atoms with van der Waals surface area (Å²) in [6, 6.07) is 9.22. The van der Waals surface area contributed by atoms with Gasteiger partial charge in [0.15, 0.2) is 0 Å². The van der Waals surface area contributed by atoms with Gasteiger partial charge in [-0.1, -0.05) is 6.42 Å². The van der Waals surface area contributed by atoms with Crippen LogP contribution in [0.1, 0.15) is 31.2 Å². The molecule has 0 spiro atoms. The zero-order valence-corrected chi connectivity index (χ0v) is 14.3. The van der Waals surface area contributed by atoms with Crippen molar-refractivity contribution in [3.63, 3.8) is 0 Å². The van der Waals surface area contributed by atoms with Crippen LogP contribution in [0.4, 0.5) is 0 Å². The van der Waals surface area contributed by atoms with Crippen LogP contribution >= 0.6 is 0 Å². The van der Waals surface area contributed by atoms with E-state index in [-0.39, 0.29) is 5.56 Å². The minimum Gasteiger partial charge on any atom is -0.494 e. The molecule has 1 saturated heterocycles. The van der Waals surface area contributed by atoms with Crippen molar-refractivity contribution in [3.8, 4) is 17.0 Å². The highest BCUT2D eigenvalue weighted by Crippen LogP contribution is 2.24. The Morgan fingerprint density at radius 3 is 2.71 bits per heavy atom. The number of benzene rings is 1. The number of rotatable bonds is 6. The Morgan fingerprint density at radius 1 is 1.17 bits per heavy atom. The maximum absolute atomic E-state index is 11.1. The molecule has 5 heteroatoms. The van der Waals surface area contributed by atoms with Gasteiger partial charge in [-0.15, -0.1) is 0 Å². The summed E-state index contributed by atoms with van der Waals surface area (Å²) in [5.74, 6) is 0.888. The minimum atomic E-state index is -0.190. The van der Waals surface area contributed by atoms with E-state index >= 15 is 0 Å². The Hall–Kier alpha value is -2.14. The molecule has 0 atom stereocenters. The number of nitrogens with one attached hydrogen (secondary N) is 1. The summed E-state index contributed by atoms with van der Waals surface area (Å²) in [6.45, 7) is 6.37. The minimum absolute atomic E-state index is 0.190. The Kier molecular flexibility index (Phi) is 5.64. The first-order chi connectivity index (χ1) is 11.7. The van der Waals surface area contributed by atoms with Crippen molar-refractivity contribution >= 4 is 0 Å². The van der Waals surface area contributed by atoms with E-state index in [2.05, 4.69) is 15.1 Å². The molecule has 0 amide bonds. The molecule has 0 aliphatic carbocycles. The third-order valence-corrected chi connectivity index (χ3v) is 4.49. The van der Waals surface area contributed by atoms with Gasteiger partial charge in [0.2, 0.25) is 0 Å². The topological polar surface area (TPSA) is 58.2 Å². The number of aromatic amines is 1. The monoisotopic (exact) mass is 327 g/mol. The van der Waals surface area contributed by atoms with Crippen LogP contribution in [0.25, 0.3) is 11.3 Å². The average molecular weight is 327 g/mol. The average Bonchev–Trinajstić information content (AvgIpc) is 2.61. The van der Waals surface area contributed by atoms with Crippen LogP contribution in [0.3, 0.4) is 0 Å². The lowest BCUT2D eigenvalue weighted by Crippen LogP contribution is -2.31. The molecule has 2 heterocycles. The van der Waals surface area contributed by atoms with Crippen molar-refractivity contribution in [2.24, 2.45) is 0 Å². The second-order valence-corrected chi connectivity index (χ2v) is 6.39. The fourth-order valence-electron chi connectivity index (χ4n) is 3.17. The molecule has 3 rings (SSSR count). The molecule has 1 aliphatic heterocycles. The Labute approximate surface area is 142 Å². The number of ether oxygens (including phenoxy) is 1. The van der Waals surface area contributed by atoms with Gasteiger partial charge in [0.25, 0.3) is 5.56 Å². The molecule has 1 N–H and O–H groups in total. The Bertz CT molecular complexity index is 700. The molecule has 1 fully saturated rings. The summed E-state index contributed by atoms with van der Waals surface area (Å²) in [4.78, 5) is 13.6. The summed E-state index contributed by atoms with van der Waals surface area (Å²) in [6.07, 6.45) is 5.10. The van der Waals surface area contributed by atoms with E-state index in [9.17, 15) is 4.79 Å². The summed E-state index contributed by atoms with van der Waals surface area (Å²) in [5, 5.41) is 6.55. The fraction of sp³-hybridized carbons (Fsp3) is 0.474. The van der Waals surface area contributed by atoms with E-state index in [1.165, 1.54) is 38.4 Å². The van der Waals surface area contributed by atoms with Crippen molar-refractivity contribution in [2.75, 3.05) is 26.2 Å². The lowest BCUT2D eigenvalue weighted by molar-refractivity contribution is 0.205. The van der Waals surface area contributed by atoms with E-state index in [0.29, 0.717) is 0 Å². The van der Waals surface area contributed by atoms with Crippen LogP contribution in [-0.2, 0) is 0 Å². The fourth-order valence-corrected chi connectivity index (χ4v) is 3.17. The highest BCUT2D eigenvalue weighted by molar-refractivity contribution is 5.64. The molecule has 1 aromatic carbocycles. The predicted octanol–water partition coefficient (Wildman–Crippen LogP) is 3.00. The number of H-pyrrole nitrogens is 1. The maximum Gasteiger partial charge on any atom is 0.264 e. The summed E-state index contributed by atoms with van der Waals surface area (Å²) in [5.41, 5.74) is 2.67. The number of hydrogen-bond donors (Lipinski definition) is 1. The molecular formula is C19H25N3O2. The van der Waals surface area contributed by atoms with Gasteiger partial charge in [-0.2, -0.15) is 5.10 Å². The van der Waals surface area contributed by atoms with Crippen LogP contribution < -0.4 is 10.3 Å². The van der Waals surface area contributed by atoms with Gasteiger partial charge in [-0.05, 0) is 69.1 Å². The number of nitrogens with zero attached hydrogens (tertiary/aromatic N) is 2. The molecule has 24 heavy (non-hydrogen) atoms. The second kappa shape index (κ2) is 8.11. The van der Waals surface area contributed by atoms with E-state index < -0.39 is 0 Å². The Morgan fingerprint density at radius 2 is 2.00 bits per heavy atom. The number of aryl methyl sites for hydroxylation is 1. The SMILES string of the molecule is Cc1cc(OCCCN2CCCCC2)ccc1-c1ccc(=O)[nH]n1. The molecular weight excluding hydrogens is 302 g/mol. The van der Waals surface area contributed by atoms with Crippen molar-refractivity contribution < 1.29 is 4.74 Å². The number of piperidine rings is 1. The van der Waals surface area contributed by atoms with Gasteiger partial charge in [-0.25, -0.2) is 5.10 Å². The van der Waals surface area contributed by atoms with Gasteiger partial charge in [0.05, 0.1) is 12.3 Å². The zero-order chi connectivity index (χ0) is 16.8. The van der Waals surface area contributed by atoms with Gasteiger partial charge in [0.1, 0.15) is 5.75 Å². The number of aromatic nitrogens is 2. The quantitative estimate of drug-likeness (QED) is 0.829. The standard InChI is InChI=1S/C19H25N3O2/c1-15-14-16(24-13-5-12-22-10-3-2-4-11-22)6-7-17(15)18-8-9-19(23)21-20-18/h6-9,14H,2-5,10-13H2,1H3,(H,21,23). The normalized spacial score (nSPS) is 15.4. The smallest absolute Gasteiger partial charge is 0.264 e. The molecule has 0 radical (unpaired) electrons. The number of likely N-dealkylation sites (tertiary alicyclic amines) is 1. The molecule has 5 nitrogen and oxygen atoms in total. The lowest BCUT2D eigenvalue weighted by atomic mass is 10.1. The largest absolute Gasteiger partial charge is 0.494 e. The van der Waals surface area contributed by atoms with E-state index in [1.807, 2.05) is 25.1 Å². The molecule has 0 unspecified atom stereocenters. The van der Waals surface area contributed by atoms with Crippen molar-refractivity contribution in [2.45, 2.75) is 32.6 Å². The van der Waals surface area contributed by atoms with Gasteiger partial charge in [-0.3, -0.25) is 4.79 Å². The van der Waals surface area contributed by atoms with Gasteiger partial charge < -0.3 is 9.64 Å². The second-order valence-electron chi connectivity index (χ2n) is 6.39.